The number of carbonyl (C=O) groups excluding carboxylic acids is 1. The lowest BCUT2D eigenvalue weighted by Crippen LogP contribution is -2.29. The highest BCUT2D eigenvalue weighted by Gasteiger charge is 2.45. The standard InChI is InChI=1S/C26H23N3O4S/c1-5-11-32-17-9-7-16(8-10-17)22-21-23(30)18-12-14(3)15(4)13-19(18)33-24(21)25(31)29(22)26-28-27-20(6-2)34-26/h5,7-10,12-13,22H,1,6,11H2,2-4H3. The summed E-state index contributed by atoms with van der Waals surface area (Å²) in [5.74, 6) is 0.314. The summed E-state index contributed by atoms with van der Waals surface area (Å²) in [6.07, 6.45) is 2.37. The van der Waals surface area contributed by atoms with Gasteiger partial charge in [0.05, 0.1) is 17.0 Å². The highest BCUT2D eigenvalue weighted by molar-refractivity contribution is 7.15. The van der Waals surface area contributed by atoms with Crippen LogP contribution in [0.1, 0.15) is 50.8 Å². The minimum atomic E-state index is -0.684. The highest BCUT2D eigenvalue weighted by atomic mass is 32.1. The van der Waals surface area contributed by atoms with E-state index < -0.39 is 11.9 Å². The molecule has 7 nitrogen and oxygen atoms in total. The zero-order chi connectivity index (χ0) is 24.0. The number of aromatic nitrogens is 2. The Morgan fingerprint density at radius 1 is 1.15 bits per heavy atom. The molecule has 1 atom stereocenters. The second-order valence-electron chi connectivity index (χ2n) is 8.18. The number of hydrogen-bond donors (Lipinski definition) is 0. The third-order valence-corrected chi connectivity index (χ3v) is 7.08. The van der Waals surface area contributed by atoms with Gasteiger partial charge in [-0.3, -0.25) is 14.5 Å². The maximum Gasteiger partial charge on any atom is 0.297 e. The number of benzene rings is 2. The molecular weight excluding hydrogens is 450 g/mol. The maximum atomic E-state index is 13.8. The van der Waals surface area contributed by atoms with Gasteiger partial charge < -0.3 is 9.15 Å². The van der Waals surface area contributed by atoms with Gasteiger partial charge in [0.1, 0.15) is 22.9 Å². The van der Waals surface area contributed by atoms with Crippen LogP contribution in [0.25, 0.3) is 11.0 Å². The molecule has 2 aromatic heterocycles. The molecule has 0 spiro atoms. The van der Waals surface area contributed by atoms with Gasteiger partial charge in [0.15, 0.2) is 5.43 Å². The Balaban J connectivity index is 1.72. The number of hydrogen-bond acceptors (Lipinski definition) is 7. The van der Waals surface area contributed by atoms with Crippen molar-refractivity contribution in [3.63, 3.8) is 0 Å². The molecule has 0 N–H and O–H groups in total. The van der Waals surface area contributed by atoms with Crippen molar-refractivity contribution in [2.24, 2.45) is 0 Å². The molecule has 0 saturated heterocycles. The normalized spacial score (nSPS) is 15.1. The molecule has 8 heteroatoms. The second kappa shape index (κ2) is 8.53. The van der Waals surface area contributed by atoms with Crippen LogP contribution in [0.2, 0.25) is 0 Å². The zero-order valence-corrected chi connectivity index (χ0v) is 19.9. The third kappa shape index (κ3) is 3.51. The van der Waals surface area contributed by atoms with E-state index in [0.29, 0.717) is 40.4 Å². The molecule has 0 aliphatic carbocycles. The van der Waals surface area contributed by atoms with Gasteiger partial charge in [-0.2, -0.15) is 0 Å². The van der Waals surface area contributed by atoms with Crippen LogP contribution in [-0.4, -0.2) is 22.7 Å². The molecule has 0 saturated carbocycles. The fourth-order valence-electron chi connectivity index (χ4n) is 4.13. The fraction of sp³-hybridized carbons (Fsp3) is 0.231. The first-order valence-corrected chi connectivity index (χ1v) is 11.8. The summed E-state index contributed by atoms with van der Waals surface area (Å²) < 4.78 is 11.7. The molecule has 172 valence electrons. The van der Waals surface area contributed by atoms with Crippen molar-refractivity contribution in [2.45, 2.75) is 33.2 Å². The van der Waals surface area contributed by atoms with Gasteiger partial charge in [-0.15, -0.1) is 10.2 Å². The molecule has 0 radical (unpaired) electrons. The molecular formula is C26H23N3O4S. The topological polar surface area (TPSA) is 85.5 Å². The molecule has 1 unspecified atom stereocenters. The molecule has 1 amide bonds. The summed E-state index contributed by atoms with van der Waals surface area (Å²) >= 11 is 1.34. The minimum absolute atomic E-state index is 0.0472. The number of amides is 1. The maximum absolute atomic E-state index is 13.8. The fourth-order valence-corrected chi connectivity index (χ4v) is 4.93. The number of aryl methyl sites for hydroxylation is 3. The van der Waals surface area contributed by atoms with E-state index in [-0.39, 0.29) is 11.2 Å². The lowest BCUT2D eigenvalue weighted by molar-refractivity contribution is 0.0970. The van der Waals surface area contributed by atoms with Gasteiger partial charge >= 0.3 is 0 Å². The molecule has 2 aromatic carbocycles. The Morgan fingerprint density at radius 2 is 1.88 bits per heavy atom. The van der Waals surface area contributed by atoms with Crippen LogP contribution in [0.5, 0.6) is 5.75 Å². The smallest absolute Gasteiger partial charge is 0.297 e. The molecule has 1 aliphatic rings. The van der Waals surface area contributed by atoms with Crippen LogP contribution in [-0.2, 0) is 6.42 Å². The van der Waals surface area contributed by atoms with E-state index in [1.54, 1.807) is 6.08 Å². The summed E-state index contributed by atoms with van der Waals surface area (Å²) in [5, 5.41) is 10.1. The van der Waals surface area contributed by atoms with Gasteiger partial charge in [0.2, 0.25) is 10.9 Å². The first kappa shape index (κ1) is 22.0. The SMILES string of the molecule is C=CCOc1ccc(C2c3c(oc4cc(C)c(C)cc4c3=O)C(=O)N2c2nnc(CC)s2)cc1. The van der Waals surface area contributed by atoms with E-state index in [1.165, 1.54) is 16.2 Å². The molecule has 0 bridgehead atoms. The Hall–Kier alpha value is -3.78. The van der Waals surface area contributed by atoms with Gasteiger partial charge in [-0.05, 0) is 61.2 Å². The van der Waals surface area contributed by atoms with Crippen molar-refractivity contribution in [1.82, 2.24) is 10.2 Å². The number of carbonyl (C=O) groups is 1. The van der Waals surface area contributed by atoms with Crippen LogP contribution >= 0.6 is 11.3 Å². The minimum Gasteiger partial charge on any atom is -0.490 e. The molecule has 34 heavy (non-hydrogen) atoms. The number of ether oxygens (including phenoxy) is 1. The summed E-state index contributed by atoms with van der Waals surface area (Å²) in [6.45, 7) is 9.92. The van der Waals surface area contributed by atoms with E-state index >= 15 is 0 Å². The predicted molar refractivity (Wildman–Crippen MR) is 132 cm³/mol. The average Bonchev–Trinajstić information content (AvgIpc) is 3.42. The number of rotatable bonds is 6. The van der Waals surface area contributed by atoms with Crippen molar-refractivity contribution >= 4 is 33.3 Å². The zero-order valence-electron chi connectivity index (χ0n) is 19.1. The third-order valence-electron chi connectivity index (χ3n) is 6.01. The van der Waals surface area contributed by atoms with E-state index in [0.717, 1.165) is 21.7 Å². The van der Waals surface area contributed by atoms with Gasteiger partial charge in [0.25, 0.3) is 5.91 Å². The van der Waals surface area contributed by atoms with Crippen LogP contribution < -0.4 is 15.1 Å². The van der Waals surface area contributed by atoms with E-state index in [9.17, 15) is 9.59 Å². The molecule has 4 aromatic rings. The Morgan fingerprint density at radius 3 is 2.56 bits per heavy atom. The monoisotopic (exact) mass is 473 g/mol. The first-order chi connectivity index (χ1) is 16.4. The van der Waals surface area contributed by atoms with Crippen LogP contribution in [0.15, 0.2) is 58.3 Å². The largest absolute Gasteiger partial charge is 0.490 e. The predicted octanol–water partition coefficient (Wildman–Crippen LogP) is 5.14. The first-order valence-electron chi connectivity index (χ1n) is 11.0. The Labute approximate surface area is 200 Å². The van der Waals surface area contributed by atoms with Crippen LogP contribution in [0.4, 0.5) is 5.13 Å². The van der Waals surface area contributed by atoms with Crippen molar-refractivity contribution in [3.8, 4) is 5.75 Å². The second-order valence-corrected chi connectivity index (χ2v) is 9.23. The Bertz CT molecular complexity index is 1490. The summed E-state index contributed by atoms with van der Waals surface area (Å²) in [6, 6.07) is 10.3. The van der Waals surface area contributed by atoms with E-state index in [4.69, 9.17) is 9.15 Å². The highest BCUT2D eigenvalue weighted by Crippen LogP contribution is 2.42. The molecule has 3 heterocycles. The summed E-state index contributed by atoms with van der Waals surface area (Å²) in [7, 11) is 0. The van der Waals surface area contributed by atoms with Gasteiger partial charge in [-0.1, -0.05) is 43.0 Å². The van der Waals surface area contributed by atoms with Crippen LogP contribution in [0, 0.1) is 13.8 Å². The van der Waals surface area contributed by atoms with Crippen molar-refractivity contribution in [2.75, 3.05) is 11.5 Å². The average molecular weight is 474 g/mol. The van der Waals surface area contributed by atoms with E-state index in [2.05, 4.69) is 16.8 Å². The lowest BCUT2D eigenvalue weighted by atomic mass is 9.97. The van der Waals surface area contributed by atoms with Crippen molar-refractivity contribution < 1.29 is 13.9 Å². The Kier molecular flexibility index (Phi) is 5.53. The van der Waals surface area contributed by atoms with Gasteiger partial charge in [-0.25, -0.2) is 0 Å². The van der Waals surface area contributed by atoms with Crippen molar-refractivity contribution in [1.29, 1.82) is 0 Å². The number of anilines is 1. The summed E-state index contributed by atoms with van der Waals surface area (Å²) in [5.41, 5.74) is 3.22. The van der Waals surface area contributed by atoms with Crippen LogP contribution in [0.3, 0.4) is 0 Å². The summed E-state index contributed by atoms with van der Waals surface area (Å²) in [4.78, 5) is 28.9. The lowest BCUT2D eigenvalue weighted by Gasteiger charge is -2.22. The quantitative estimate of drug-likeness (QED) is 0.361. The molecule has 0 fully saturated rings. The van der Waals surface area contributed by atoms with E-state index in [1.807, 2.05) is 57.2 Å². The molecule has 1 aliphatic heterocycles. The van der Waals surface area contributed by atoms with Gasteiger partial charge in [0, 0.05) is 0 Å². The number of fused-ring (bicyclic) bond motifs is 2. The van der Waals surface area contributed by atoms with Crippen molar-refractivity contribution in [3.05, 3.63) is 92.3 Å². The molecule has 5 rings (SSSR count). The number of nitrogens with zero attached hydrogens (tertiary/aromatic N) is 3.